The van der Waals surface area contributed by atoms with Crippen molar-refractivity contribution in [2.75, 3.05) is 6.61 Å². The van der Waals surface area contributed by atoms with Crippen molar-refractivity contribution in [3.05, 3.63) is 96.1 Å². The van der Waals surface area contributed by atoms with Crippen LogP contribution in [-0.4, -0.2) is 38.4 Å². The zero-order valence-corrected chi connectivity index (χ0v) is 30.2. The Kier molecular flexibility index (Phi) is 11.7. The lowest BCUT2D eigenvalue weighted by Gasteiger charge is -2.44. The minimum Gasteiger partial charge on any atom is -0.459 e. The molecule has 3 aromatic carbocycles. The van der Waals surface area contributed by atoms with Crippen LogP contribution in [0.4, 0.5) is 0 Å². The Balaban J connectivity index is 1.71. The van der Waals surface area contributed by atoms with Gasteiger partial charge in [0, 0.05) is 6.42 Å². The van der Waals surface area contributed by atoms with Crippen molar-refractivity contribution in [1.82, 2.24) is 5.32 Å². The van der Waals surface area contributed by atoms with Gasteiger partial charge < -0.3 is 14.5 Å². The largest absolute Gasteiger partial charge is 0.459 e. The van der Waals surface area contributed by atoms with Crippen molar-refractivity contribution in [2.24, 2.45) is 0 Å². The Morgan fingerprint density at radius 1 is 0.804 bits per heavy atom. The first kappa shape index (κ1) is 35.6. The minimum atomic E-state index is -2.92. The van der Waals surface area contributed by atoms with Crippen molar-refractivity contribution in [2.45, 2.75) is 122 Å². The highest BCUT2D eigenvalue weighted by atomic mass is 28.4. The van der Waals surface area contributed by atoms with Gasteiger partial charge in [-0.1, -0.05) is 145 Å². The fourth-order valence-corrected chi connectivity index (χ4v) is 11.6. The summed E-state index contributed by atoms with van der Waals surface area (Å²) in [7, 11) is -2.92. The van der Waals surface area contributed by atoms with Gasteiger partial charge in [0.1, 0.15) is 11.0 Å². The van der Waals surface area contributed by atoms with E-state index in [2.05, 4.69) is 93.7 Å². The smallest absolute Gasteiger partial charge is 0.319 e. The number of aryl methyl sites for hydroxylation is 1. The summed E-state index contributed by atoms with van der Waals surface area (Å²) in [5.41, 5.74) is 0.115. The van der Waals surface area contributed by atoms with Gasteiger partial charge in [0.05, 0.1) is 12.6 Å². The van der Waals surface area contributed by atoms with Crippen LogP contribution in [-0.2, 0) is 30.6 Å². The Morgan fingerprint density at radius 2 is 1.35 bits per heavy atom. The predicted molar refractivity (Wildman–Crippen MR) is 191 cm³/mol. The number of rotatable bonds is 14. The zero-order chi connectivity index (χ0) is 33.4. The molecule has 1 aliphatic rings. The summed E-state index contributed by atoms with van der Waals surface area (Å²) in [5, 5.41) is 5.23. The van der Waals surface area contributed by atoms with Gasteiger partial charge in [-0.2, -0.15) is 0 Å². The van der Waals surface area contributed by atoms with E-state index < -0.39 is 31.3 Å². The summed E-state index contributed by atoms with van der Waals surface area (Å²) in [6.07, 6.45) is 8.52. The molecule has 0 radical (unpaired) electrons. The number of amides is 1. The number of carbonyl (C=O) groups excluding carboxylic acids is 2. The number of ether oxygens (including phenoxy) is 1. The van der Waals surface area contributed by atoms with Crippen molar-refractivity contribution >= 4 is 30.6 Å². The standard InChI is InChI=1S/C40H55NO4Si/c1-8-9-10-11-12-15-20-31-25-27-32(28-26-31)40(37(43)45-38(2,3)4)29-36(42)41-35(40)30-44-46(39(5,6)7,33-21-16-13-17-22-33)34-23-18-14-19-24-34/h13-14,16-19,21-28,35H,8-12,15,20,29-30H2,1-7H3,(H,41,42)/t35-,40?/m0/s1. The van der Waals surface area contributed by atoms with Crippen LogP contribution in [0, 0.1) is 0 Å². The predicted octanol–water partition coefficient (Wildman–Crippen LogP) is 7.63. The van der Waals surface area contributed by atoms with Crippen LogP contribution < -0.4 is 15.7 Å². The van der Waals surface area contributed by atoms with Crippen LogP contribution in [0.15, 0.2) is 84.9 Å². The highest BCUT2D eigenvalue weighted by molar-refractivity contribution is 6.99. The van der Waals surface area contributed by atoms with Crippen molar-refractivity contribution in [1.29, 1.82) is 0 Å². The average Bonchev–Trinajstić information content (AvgIpc) is 3.36. The zero-order valence-electron chi connectivity index (χ0n) is 29.2. The molecule has 0 aliphatic carbocycles. The first-order chi connectivity index (χ1) is 21.8. The van der Waals surface area contributed by atoms with Gasteiger partial charge in [-0.3, -0.25) is 9.59 Å². The highest BCUT2D eigenvalue weighted by Gasteiger charge is 2.58. The minimum absolute atomic E-state index is 0.0213. The number of hydrogen-bond acceptors (Lipinski definition) is 4. The summed E-state index contributed by atoms with van der Waals surface area (Å²) in [6, 6.07) is 28.6. The molecule has 248 valence electrons. The van der Waals surface area contributed by atoms with E-state index in [9.17, 15) is 9.59 Å². The molecular formula is C40H55NO4Si. The molecular weight excluding hydrogens is 587 g/mol. The lowest BCUT2D eigenvalue weighted by molar-refractivity contribution is -0.163. The van der Waals surface area contributed by atoms with Crippen molar-refractivity contribution in [3.63, 3.8) is 0 Å². The molecule has 1 unspecified atom stereocenters. The van der Waals surface area contributed by atoms with Gasteiger partial charge in [0.2, 0.25) is 5.91 Å². The third-order valence-electron chi connectivity index (χ3n) is 9.30. The molecule has 5 nitrogen and oxygen atoms in total. The summed E-state index contributed by atoms with van der Waals surface area (Å²) < 4.78 is 13.4. The number of nitrogens with one attached hydrogen (secondary N) is 1. The van der Waals surface area contributed by atoms with Crippen molar-refractivity contribution < 1.29 is 18.8 Å². The maximum Gasteiger partial charge on any atom is 0.319 e. The number of unbranched alkanes of at least 4 members (excludes halogenated alkanes) is 5. The second-order valence-electron chi connectivity index (χ2n) is 15.0. The maximum atomic E-state index is 14.3. The van der Waals surface area contributed by atoms with Gasteiger partial charge in [-0.05, 0) is 60.2 Å². The second-order valence-corrected chi connectivity index (χ2v) is 19.3. The fraction of sp³-hybridized carbons (Fsp3) is 0.500. The van der Waals surface area contributed by atoms with E-state index in [1.807, 2.05) is 45.0 Å². The highest BCUT2D eigenvalue weighted by Crippen LogP contribution is 2.42. The average molecular weight is 642 g/mol. The first-order valence-corrected chi connectivity index (χ1v) is 19.1. The first-order valence-electron chi connectivity index (χ1n) is 17.2. The van der Waals surface area contributed by atoms with Crippen molar-refractivity contribution in [3.8, 4) is 0 Å². The van der Waals surface area contributed by atoms with E-state index in [1.165, 1.54) is 37.7 Å². The maximum absolute atomic E-state index is 14.3. The number of hydrogen-bond donors (Lipinski definition) is 1. The lowest BCUT2D eigenvalue weighted by Crippen LogP contribution is -2.68. The summed E-state index contributed by atoms with van der Waals surface area (Å²) in [6.45, 7) is 14.7. The Morgan fingerprint density at radius 3 is 1.87 bits per heavy atom. The lowest BCUT2D eigenvalue weighted by atomic mass is 9.74. The molecule has 2 atom stereocenters. The third-order valence-corrected chi connectivity index (χ3v) is 14.3. The molecule has 0 saturated carbocycles. The topological polar surface area (TPSA) is 64.6 Å². The van der Waals surface area contributed by atoms with Gasteiger partial charge in [0.15, 0.2) is 0 Å². The summed E-state index contributed by atoms with van der Waals surface area (Å²) in [5.74, 6) is -0.559. The molecule has 0 aromatic heterocycles. The van der Waals surface area contributed by atoms with Crippen LogP contribution >= 0.6 is 0 Å². The summed E-state index contributed by atoms with van der Waals surface area (Å²) in [4.78, 5) is 27.7. The number of benzene rings is 3. The molecule has 1 amide bonds. The summed E-state index contributed by atoms with van der Waals surface area (Å²) >= 11 is 0. The van der Waals surface area contributed by atoms with E-state index in [0.29, 0.717) is 0 Å². The molecule has 0 bridgehead atoms. The quantitative estimate of drug-likeness (QED) is 0.112. The second kappa shape index (κ2) is 15.1. The van der Waals surface area contributed by atoms with Crippen LogP contribution in [0.25, 0.3) is 0 Å². The molecule has 1 N–H and O–H groups in total. The number of esters is 1. The molecule has 1 aliphatic heterocycles. The molecule has 1 heterocycles. The van der Waals surface area contributed by atoms with Crippen LogP contribution in [0.2, 0.25) is 5.04 Å². The van der Waals surface area contributed by atoms with Crippen LogP contribution in [0.5, 0.6) is 0 Å². The van der Waals surface area contributed by atoms with Gasteiger partial charge in [-0.25, -0.2) is 0 Å². The molecule has 6 heteroatoms. The van der Waals surface area contributed by atoms with E-state index in [1.54, 1.807) is 0 Å². The SMILES string of the molecule is CCCCCCCCc1ccc(C2(C(=O)OC(C)(C)C)CC(=O)N[C@H]2CO[Si](c2ccccc2)(c2ccccc2)C(C)(C)C)cc1. The third kappa shape index (κ3) is 8.00. The van der Waals surface area contributed by atoms with Crippen LogP contribution in [0.1, 0.15) is 105 Å². The normalized spacial score (nSPS) is 18.8. The van der Waals surface area contributed by atoms with E-state index >= 15 is 0 Å². The molecule has 4 rings (SSSR count). The van der Waals surface area contributed by atoms with Gasteiger partial charge in [-0.15, -0.1) is 0 Å². The van der Waals surface area contributed by atoms with E-state index in [4.69, 9.17) is 9.16 Å². The Hall–Kier alpha value is -3.22. The molecule has 0 spiro atoms. The fourth-order valence-electron chi connectivity index (χ4n) is 6.98. The Labute approximate surface area is 278 Å². The molecule has 46 heavy (non-hydrogen) atoms. The number of carbonyl (C=O) groups is 2. The molecule has 3 aromatic rings. The Bertz CT molecular complexity index is 1370. The van der Waals surface area contributed by atoms with Gasteiger partial charge >= 0.3 is 5.97 Å². The van der Waals surface area contributed by atoms with Gasteiger partial charge in [0.25, 0.3) is 8.32 Å². The van der Waals surface area contributed by atoms with E-state index in [0.717, 1.165) is 28.8 Å². The van der Waals surface area contributed by atoms with E-state index in [-0.39, 0.29) is 24.0 Å². The molecule has 1 saturated heterocycles. The molecule has 1 fully saturated rings. The van der Waals surface area contributed by atoms with Crippen LogP contribution in [0.3, 0.4) is 0 Å². The monoisotopic (exact) mass is 641 g/mol.